The highest BCUT2D eigenvalue weighted by molar-refractivity contribution is 5.95. The lowest BCUT2D eigenvalue weighted by Gasteiger charge is -2.17. The number of hydrazine groups is 1. The number of ether oxygens (including phenoxy) is 1. The van der Waals surface area contributed by atoms with E-state index >= 15 is 0 Å². The maximum Gasteiger partial charge on any atom is 0.249 e. The van der Waals surface area contributed by atoms with Crippen LogP contribution in [0.3, 0.4) is 0 Å². The van der Waals surface area contributed by atoms with Crippen LogP contribution in [0.5, 0.6) is 5.75 Å². The van der Waals surface area contributed by atoms with E-state index in [1.807, 2.05) is 38.1 Å². The summed E-state index contributed by atoms with van der Waals surface area (Å²) < 4.78 is 6.12. The first-order chi connectivity index (χ1) is 12.5. The van der Waals surface area contributed by atoms with Crippen molar-refractivity contribution in [1.29, 1.82) is 0 Å². The van der Waals surface area contributed by atoms with Crippen LogP contribution in [0, 0.1) is 5.41 Å². The average molecular weight is 352 g/mol. The second-order valence-corrected chi connectivity index (χ2v) is 7.37. The van der Waals surface area contributed by atoms with E-state index in [9.17, 15) is 4.79 Å². The van der Waals surface area contributed by atoms with E-state index in [0.717, 1.165) is 34.2 Å². The fraction of sp³-hybridized carbons (Fsp3) is 0.409. The average Bonchev–Trinajstić information content (AvgIpc) is 2.89. The Kier molecular flexibility index (Phi) is 5.50. The first-order valence-corrected chi connectivity index (χ1v) is 9.47. The standard InChI is InChI=1S/C22H28N2O2/c1-4-5-6-9-14-26-19-13-12-16-10-7-8-11-17(16)18(19)15-20-22(2,3)21(25)24-23-20/h7-8,10-13,15,23H,4-6,9,14H2,1-3H3,(H,24,25)/b20-15-. The third kappa shape index (κ3) is 3.69. The van der Waals surface area contributed by atoms with Crippen molar-refractivity contribution in [3.8, 4) is 5.75 Å². The maximum atomic E-state index is 12.1. The Bertz CT molecular complexity index is 824. The summed E-state index contributed by atoms with van der Waals surface area (Å²) in [4.78, 5) is 12.1. The molecule has 3 rings (SSSR count). The number of carbonyl (C=O) groups is 1. The number of benzene rings is 2. The van der Waals surface area contributed by atoms with Crippen molar-refractivity contribution in [3.63, 3.8) is 0 Å². The quantitative estimate of drug-likeness (QED) is 0.704. The van der Waals surface area contributed by atoms with E-state index in [1.165, 1.54) is 19.3 Å². The summed E-state index contributed by atoms with van der Waals surface area (Å²) in [6, 6.07) is 12.4. The van der Waals surface area contributed by atoms with Gasteiger partial charge in [-0.05, 0) is 43.2 Å². The topological polar surface area (TPSA) is 50.4 Å². The number of fused-ring (bicyclic) bond motifs is 1. The SMILES string of the molecule is CCCCCCOc1ccc2ccccc2c1/C=C1\NNC(=O)C1(C)C. The van der Waals surface area contributed by atoms with Gasteiger partial charge in [0.25, 0.3) is 0 Å². The summed E-state index contributed by atoms with van der Waals surface area (Å²) in [5.74, 6) is 0.843. The van der Waals surface area contributed by atoms with Gasteiger partial charge < -0.3 is 10.2 Å². The molecular weight excluding hydrogens is 324 g/mol. The Morgan fingerprint density at radius 1 is 1.04 bits per heavy atom. The lowest BCUT2D eigenvalue weighted by molar-refractivity contribution is -0.125. The molecule has 1 amide bonds. The molecule has 0 unspecified atom stereocenters. The Labute approximate surface area is 155 Å². The molecule has 1 aliphatic heterocycles. The highest BCUT2D eigenvalue weighted by Gasteiger charge is 2.38. The van der Waals surface area contributed by atoms with E-state index in [4.69, 9.17) is 4.74 Å². The van der Waals surface area contributed by atoms with Crippen molar-refractivity contribution in [1.82, 2.24) is 10.9 Å². The minimum absolute atomic E-state index is 0.0222. The lowest BCUT2D eigenvalue weighted by Crippen LogP contribution is -2.28. The summed E-state index contributed by atoms with van der Waals surface area (Å²) in [7, 11) is 0. The molecule has 2 aromatic rings. The molecular formula is C22H28N2O2. The van der Waals surface area contributed by atoms with Crippen LogP contribution in [0.15, 0.2) is 42.1 Å². The molecule has 1 saturated heterocycles. The van der Waals surface area contributed by atoms with Crippen molar-refractivity contribution in [3.05, 3.63) is 47.7 Å². The number of carbonyl (C=O) groups excluding carboxylic acids is 1. The van der Waals surface area contributed by atoms with E-state index in [-0.39, 0.29) is 5.91 Å². The molecule has 1 heterocycles. The van der Waals surface area contributed by atoms with Crippen LogP contribution >= 0.6 is 0 Å². The van der Waals surface area contributed by atoms with Gasteiger partial charge in [0.05, 0.1) is 12.0 Å². The van der Waals surface area contributed by atoms with Crippen molar-refractivity contribution in [2.24, 2.45) is 5.41 Å². The van der Waals surface area contributed by atoms with Gasteiger partial charge >= 0.3 is 0 Å². The minimum Gasteiger partial charge on any atom is -0.493 e. The minimum atomic E-state index is -0.588. The number of rotatable bonds is 7. The second kappa shape index (κ2) is 7.81. The summed E-state index contributed by atoms with van der Waals surface area (Å²) in [6.07, 6.45) is 6.74. The van der Waals surface area contributed by atoms with Gasteiger partial charge in [-0.15, -0.1) is 0 Å². The van der Waals surface area contributed by atoms with Crippen LogP contribution in [0.25, 0.3) is 16.8 Å². The number of hydrogen-bond donors (Lipinski definition) is 2. The first kappa shape index (κ1) is 18.3. The van der Waals surface area contributed by atoms with Gasteiger partial charge in [-0.25, -0.2) is 0 Å². The Hall–Kier alpha value is -2.49. The Morgan fingerprint density at radius 3 is 2.58 bits per heavy atom. The van der Waals surface area contributed by atoms with Gasteiger partial charge in [0.1, 0.15) is 5.75 Å². The molecule has 0 spiro atoms. The van der Waals surface area contributed by atoms with Crippen LogP contribution in [0.2, 0.25) is 0 Å². The van der Waals surface area contributed by atoms with Gasteiger partial charge in [0, 0.05) is 11.3 Å². The van der Waals surface area contributed by atoms with Gasteiger partial charge in [0.15, 0.2) is 0 Å². The highest BCUT2D eigenvalue weighted by Crippen LogP contribution is 2.35. The second-order valence-electron chi connectivity index (χ2n) is 7.37. The molecule has 138 valence electrons. The largest absolute Gasteiger partial charge is 0.493 e. The zero-order valence-electron chi connectivity index (χ0n) is 15.9. The molecule has 0 aliphatic carbocycles. The number of unbranched alkanes of at least 4 members (excludes halogenated alkanes) is 3. The van der Waals surface area contributed by atoms with E-state index in [1.54, 1.807) is 0 Å². The zero-order chi connectivity index (χ0) is 18.6. The maximum absolute atomic E-state index is 12.1. The van der Waals surface area contributed by atoms with Crippen molar-refractivity contribution < 1.29 is 9.53 Å². The van der Waals surface area contributed by atoms with E-state index in [2.05, 4.69) is 36.0 Å². The molecule has 0 radical (unpaired) electrons. The van der Waals surface area contributed by atoms with Gasteiger partial charge in [0.2, 0.25) is 5.91 Å². The molecule has 0 bridgehead atoms. The number of nitrogens with one attached hydrogen (secondary N) is 2. The molecule has 2 aromatic carbocycles. The monoisotopic (exact) mass is 352 g/mol. The molecule has 0 atom stereocenters. The molecule has 1 fully saturated rings. The fourth-order valence-corrected chi connectivity index (χ4v) is 3.18. The normalized spacial score (nSPS) is 17.3. The van der Waals surface area contributed by atoms with Gasteiger partial charge in [-0.2, -0.15) is 0 Å². The summed E-state index contributed by atoms with van der Waals surface area (Å²) >= 11 is 0. The van der Waals surface area contributed by atoms with Crippen LogP contribution in [-0.2, 0) is 4.79 Å². The molecule has 0 aromatic heterocycles. The fourth-order valence-electron chi connectivity index (χ4n) is 3.18. The molecule has 1 aliphatic rings. The van der Waals surface area contributed by atoms with E-state index in [0.29, 0.717) is 6.61 Å². The first-order valence-electron chi connectivity index (χ1n) is 9.47. The molecule has 0 saturated carbocycles. The molecule has 2 N–H and O–H groups in total. The summed E-state index contributed by atoms with van der Waals surface area (Å²) in [6.45, 7) is 6.76. The third-order valence-corrected chi connectivity index (χ3v) is 5.03. The predicted molar refractivity (Wildman–Crippen MR) is 107 cm³/mol. The number of hydrogen-bond acceptors (Lipinski definition) is 3. The van der Waals surface area contributed by atoms with Crippen LogP contribution < -0.4 is 15.6 Å². The number of amides is 1. The zero-order valence-corrected chi connectivity index (χ0v) is 15.9. The van der Waals surface area contributed by atoms with Crippen molar-refractivity contribution in [2.75, 3.05) is 6.61 Å². The Balaban J connectivity index is 1.95. The van der Waals surface area contributed by atoms with Gasteiger partial charge in [-0.1, -0.05) is 56.5 Å². The third-order valence-electron chi connectivity index (χ3n) is 5.03. The van der Waals surface area contributed by atoms with Gasteiger partial charge in [-0.3, -0.25) is 10.2 Å². The van der Waals surface area contributed by atoms with Crippen LogP contribution in [-0.4, -0.2) is 12.5 Å². The van der Waals surface area contributed by atoms with Crippen LogP contribution in [0.4, 0.5) is 0 Å². The molecule has 4 heteroatoms. The highest BCUT2D eigenvalue weighted by atomic mass is 16.5. The Morgan fingerprint density at radius 2 is 1.85 bits per heavy atom. The molecule has 4 nitrogen and oxygen atoms in total. The van der Waals surface area contributed by atoms with Crippen molar-refractivity contribution in [2.45, 2.75) is 46.5 Å². The smallest absolute Gasteiger partial charge is 0.249 e. The van der Waals surface area contributed by atoms with Crippen molar-refractivity contribution >= 4 is 22.8 Å². The van der Waals surface area contributed by atoms with E-state index < -0.39 is 5.41 Å². The predicted octanol–water partition coefficient (Wildman–Crippen LogP) is 4.80. The van der Waals surface area contributed by atoms with Crippen LogP contribution in [0.1, 0.15) is 52.0 Å². The molecule has 26 heavy (non-hydrogen) atoms. The lowest BCUT2D eigenvalue weighted by atomic mass is 9.88. The summed E-state index contributed by atoms with van der Waals surface area (Å²) in [5.41, 5.74) is 7.03. The summed E-state index contributed by atoms with van der Waals surface area (Å²) in [5, 5.41) is 2.29.